The largest absolute Gasteiger partial charge is 0.312 e. The average molecular weight is 349 g/mol. The van der Waals surface area contributed by atoms with Gasteiger partial charge in [-0.2, -0.15) is 0 Å². The van der Waals surface area contributed by atoms with Gasteiger partial charge in [-0.1, -0.05) is 45.8 Å². The van der Waals surface area contributed by atoms with Crippen LogP contribution in [0.1, 0.15) is 16.7 Å². The Morgan fingerprint density at radius 2 is 2.05 bits per heavy atom. The number of rotatable bonds is 6. The minimum Gasteiger partial charge on any atom is -0.312 e. The first-order valence-corrected chi connectivity index (χ1v) is 7.54. The summed E-state index contributed by atoms with van der Waals surface area (Å²) in [6, 6.07) is 13.4. The molecule has 2 rings (SSSR count). The first kappa shape index (κ1) is 15.7. The van der Waals surface area contributed by atoms with Gasteiger partial charge in [-0.05, 0) is 37.6 Å². The quantitative estimate of drug-likeness (QED) is 0.487. The van der Waals surface area contributed by atoms with Crippen LogP contribution in [0.5, 0.6) is 0 Å². The standard InChI is InChI=1S/C16H17BrN2O2/c1-12-3-2-4-13(9-12)7-8-18-11-14-10-15(17)5-6-16(14)19(20)21/h2-6,9-10,18H,7-8,11H2,1H3. The van der Waals surface area contributed by atoms with E-state index in [4.69, 9.17) is 0 Å². The fourth-order valence-electron chi connectivity index (χ4n) is 2.20. The molecule has 0 heterocycles. The van der Waals surface area contributed by atoms with Crippen LogP contribution >= 0.6 is 15.9 Å². The van der Waals surface area contributed by atoms with Crippen LogP contribution in [-0.2, 0) is 13.0 Å². The van der Waals surface area contributed by atoms with Crippen molar-refractivity contribution in [2.24, 2.45) is 0 Å². The molecule has 0 spiro atoms. The Kier molecular flexibility index (Phi) is 5.47. The van der Waals surface area contributed by atoms with Gasteiger partial charge in [0.1, 0.15) is 0 Å². The predicted octanol–water partition coefficient (Wildman–Crippen LogP) is 4.00. The maximum Gasteiger partial charge on any atom is 0.273 e. The highest BCUT2D eigenvalue weighted by molar-refractivity contribution is 9.10. The molecule has 0 unspecified atom stereocenters. The monoisotopic (exact) mass is 348 g/mol. The zero-order chi connectivity index (χ0) is 15.2. The molecular formula is C16H17BrN2O2. The fraction of sp³-hybridized carbons (Fsp3) is 0.250. The summed E-state index contributed by atoms with van der Waals surface area (Å²) in [6.45, 7) is 3.34. The van der Waals surface area contributed by atoms with Crippen molar-refractivity contribution in [1.82, 2.24) is 5.32 Å². The van der Waals surface area contributed by atoms with Crippen molar-refractivity contribution in [3.8, 4) is 0 Å². The number of hydrogen-bond acceptors (Lipinski definition) is 3. The van der Waals surface area contributed by atoms with Gasteiger partial charge in [0.05, 0.1) is 4.92 Å². The molecule has 5 heteroatoms. The van der Waals surface area contributed by atoms with Gasteiger partial charge in [-0.15, -0.1) is 0 Å². The zero-order valence-corrected chi connectivity index (χ0v) is 13.4. The molecule has 0 aliphatic rings. The number of aryl methyl sites for hydroxylation is 1. The van der Waals surface area contributed by atoms with Crippen molar-refractivity contribution in [3.05, 3.63) is 73.7 Å². The van der Waals surface area contributed by atoms with Crippen LogP contribution in [0.15, 0.2) is 46.9 Å². The third kappa shape index (κ3) is 4.65. The maximum absolute atomic E-state index is 11.0. The van der Waals surface area contributed by atoms with Crippen LogP contribution in [0.4, 0.5) is 5.69 Å². The summed E-state index contributed by atoms with van der Waals surface area (Å²) in [7, 11) is 0. The summed E-state index contributed by atoms with van der Waals surface area (Å²) >= 11 is 3.35. The fourth-order valence-corrected chi connectivity index (χ4v) is 2.61. The Balaban J connectivity index is 1.91. The van der Waals surface area contributed by atoms with E-state index >= 15 is 0 Å². The van der Waals surface area contributed by atoms with Crippen LogP contribution in [0.3, 0.4) is 0 Å². The van der Waals surface area contributed by atoms with Crippen molar-refractivity contribution in [3.63, 3.8) is 0 Å². The Morgan fingerprint density at radius 1 is 1.24 bits per heavy atom. The van der Waals surface area contributed by atoms with Gasteiger partial charge < -0.3 is 5.32 Å². The topological polar surface area (TPSA) is 55.2 Å². The Bertz CT molecular complexity index is 644. The summed E-state index contributed by atoms with van der Waals surface area (Å²) in [5, 5.41) is 14.3. The first-order chi connectivity index (χ1) is 10.1. The summed E-state index contributed by atoms with van der Waals surface area (Å²) in [4.78, 5) is 10.6. The summed E-state index contributed by atoms with van der Waals surface area (Å²) in [5.41, 5.74) is 3.36. The Labute approximate surface area is 132 Å². The lowest BCUT2D eigenvalue weighted by molar-refractivity contribution is -0.385. The van der Waals surface area contributed by atoms with Crippen molar-refractivity contribution >= 4 is 21.6 Å². The normalized spacial score (nSPS) is 10.6. The lowest BCUT2D eigenvalue weighted by Gasteiger charge is -2.07. The van der Waals surface area contributed by atoms with Gasteiger partial charge in [-0.25, -0.2) is 0 Å². The van der Waals surface area contributed by atoms with Gasteiger partial charge in [0.2, 0.25) is 0 Å². The highest BCUT2D eigenvalue weighted by atomic mass is 79.9. The molecule has 0 aliphatic heterocycles. The van der Waals surface area contributed by atoms with Gasteiger partial charge >= 0.3 is 0 Å². The van der Waals surface area contributed by atoms with Gasteiger partial charge in [0, 0.05) is 22.6 Å². The van der Waals surface area contributed by atoms with E-state index in [1.807, 2.05) is 6.07 Å². The highest BCUT2D eigenvalue weighted by Gasteiger charge is 2.12. The molecule has 110 valence electrons. The van der Waals surface area contributed by atoms with Crippen LogP contribution in [0.2, 0.25) is 0 Å². The molecule has 4 nitrogen and oxygen atoms in total. The number of hydrogen-bond donors (Lipinski definition) is 1. The van der Waals surface area contributed by atoms with Gasteiger partial charge in [-0.3, -0.25) is 10.1 Å². The molecule has 1 N–H and O–H groups in total. The van der Waals surface area contributed by atoms with Crippen LogP contribution < -0.4 is 5.32 Å². The van der Waals surface area contributed by atoms with E-state index in [0.717, 1.165) is 17.4 Å². The lowest BCUT2D eigenvalue weighted by atomic mass is 10.1. The second kappa shape index (κ2) is 7.33. The Morgan fingerprint density at radius 3 is 2.76 bits per heavy atom. The number of halogens is 1. The second-order valence-electron chi connectivity index (χ2n) is 4.95. The van der Waals surface area contributed by atoms with Crippen LogP contribution in [0.25, 0.3) is 0 Å². The maximum atomic E-state index is 11.0. The number of nitro benzene ring substituents is 1. The number of nitrogens with zero attached hydrogens (tertiary/aromatic N) is 1. The van der Waals surface area contributed by atoms with Crippen LogP contribution in [0, 0.1) is 17.0 Å². The predicted molar refractivity (Wildman–Crippen MR) is 87.4 cm³/mol. The average Bonchev–Trinajstić information content (AvgIpc) is 2.43. The molecule has 0 aliphatic carbocycles. The van der Waals surface area contributed by atoms with E-state index in [-0.39, 0.29) is 10.6 Å². The third-order valence-corrected chi connectivity index (χ3v) is 3.72. The molecule has 0 atom stereocenters. The van der Waals surface area contributed by atoms with E-state index in [9.17, 15) is 10.1 Å². The third-order valence-electron chi connectivity index (χ3n) is 3.23. The highest BCUT2D eigenvalue weighted by Crippen LogP contribution is 2.22. The van der Waals surface area contributed by atoms with E-state index in [1.54, 1.807) is 12.1 Å². The molecule has 0 fully saturated rings. The van der Waals surface area contributed by atoms with Crippen molar-refractivity contribution in [2.45, 2.75) is 19.9 Å². The van der Waals surface area contributed by atoms with Crippen molar-refractivity contribution in [1.29, 1.82) is 0 Å². The zero-order valence-electron chi connectivity index (χ0n) is 11.8. The SMILES string of the molecule is Cc1cccc(CCNCc2cc(Br)ccc2[N+](=O)[O-])c1. The number of nitrogens with one attached hydrogen (secondary N) is 1. The first-order valence-electron chi connectivity index (χ1n) is 6.75. The summed E-state index contributed by atoms with van der Waals surface area (Å²) < 4.78 is 0.851. The second-order valence-corrected chi connectivity index (χ2v) is 5.86. The van der Waals surface area contributed by atoms with Crippen LogP contribution in [-0.4, -0.2) is 11.5 Å². The van der Waals surface area contributed by atoms with E-state index in [0.29, 0.717) is 12.1 Å². The van der Waals surface area contributed by atoms with E-state index in [1.165, 1.54) is 17.2 Å². The molecule has 2 aromatic carbocycles. The van der Waals surface area contributed by atoms with Gasteiger partial charge in [0.15, 0.2) is 0 Å². The van der Waals surface area contributed by atoms with E-state index < -0.39 is 0 Å². The smallest absolute Gasteiger partial charge is 0.273 e. The molecule has 0 aromatic heterocycles. The number of benzene rings is 2. The summed E-state index contributed by atoms with van der Waals surface area (Å²) in [5.74, 6) is 0. The van der Waals surface area contributed by atoms with Gasteiger partial charge in [0.25, 0.3) is 5.69 Å². The molecule has 0 bridgehead atoms. The number of nitro groups is 1. The van der Waals surface area contributed by atoms with Crippen molar-refractivity contribution in [2.75, 3.05) is 6.54 Å². The lowest BCUT2D eigenvalue weighted by Crippen LogP contribution is -2.17. The van der Waals surface area contributed by atoms with E-state index in [2.05, 4.69) is 46.4 Å². The molecule has 0 amide bonds. The molecule has 0 radical (unpaired) electrons. The minimum absolute atomic E-state index is 0.154. The molecule has 21 heavy (non-hydrogen) atoms. The van der Waals surface area contributed by atoms with Crippen molar-refractivity contribution < 1.29 is 4.92 Å². The molecule has 0 saturated carbocycles. The minimum atomic E-state index is -0.343. The molecule has 2 aromatic rings. The summed E-state index contributed by atoms with van der Waals surface area (Å²) in [6.07, 6.45) is 0.906. The molecule has 0 saturated heterocycles. The Hall–Kier alpha value is -1.72. The molecular weight excluding hydrogens is 332 g/mol.